The second-order valence-electron chi connectivity index (χ2n) is 5.67. The lowest BCUT2D eigenvalue weighted by atomic mass is 9.95. The average molecular weight is 347 g/mol. The number of halogens is 1. The summed E-state index contributed by atoms with van der Waals surface area (Å²) in [5.41, 5.74) is 1.56. The van der Waals surface area contributed by atoms with Crippen LogP contribution in [0.4, 0.5) is 0 Å². The lowest BCUT2D eigenvalue weighted by Crippen LogP contribution is -2.43. The summed E-state index contributed by atoms with van der Waals surface area (Å²) in [7, 11) is 0. The monoisotopic (exact) mass is 346 g/mol. The number of benzene rings is 1. The lowest BCUT2D eigenvalue weighted by Gasteiger charge is -2.26. The van der Waals surface area contributed by atoms with E-state index in [-0.39, 0.29) is 11.4 Å². The molecular weight excluding hydrogens is 328 g/mol. The Morgan fingerprint density at radius 3 is 2.57 bits per heavy atom. The second-order valence-corrected chi connectivity index (χ2v) is 6.42. The fourth-order valence-electron chi connectivity index (χ4n) is 2.09. The molecular formula is C17H19BrN2O. The largest absolute Gasteiger partial charge is 0.347 e. The van der Waals surface area contributed by atoms with E-state index in [4.69, 9.17) is 0 Å². The number of aromatic nitrogens is 1. The number of nitrogens with zero attached hydrogens (tertiary/aromatic N) is 1. The standard InChI is InChI=1S/C17H19BrN2O/c1-17(2,11-10-13-7-4-3-5-8-13)20-16(21)14-9-6-12-19-15(14)18/h3-9,12H,10-11H2,1-2H3,(H,20,21). The van der Waals surface area contributed by atoms with E-state index in [1.807, 2.05) is 32.0 Å². The Morgan fingerprint density at radius 1 is 1.19 bits per heavy atom. The molecule has 0 radical (unpaired) electrons. The first-order valence-electron chi connectivity index (χ1n) is 6.95. The van der Waals surface area contributed by atoms with Gasteiger partial charge in [0.25, 0.3) is 5.91 Å². The number of carbonyl (C=O) groups excluding carboxylic acids is 1. The number of nitrogens with one attached hydrogen (secondary N) is 1. The molecule has 0 saturated heterocycles. The summed E-state index contributed by atoms with van der Waals surface area (Å²) in [6, 6.07) is 13.8. The zero-order valence-electron chi connectivity index (χ0n) is 12.3. The number of carbonyl (C=O) groups is 1. The Balaban J connectivity index is 1.97. The zero-order valence-corrected chi connectivity index (χ0v) is 13.9. The summed E-state index contributed by atoms with van der Waals surface area (Å²) in [5, 5.41) is 3.07. The van der Waals surface area contributed by atoms with Crippen LogP contribution in [0.1, 0.15) is 36.2 Å². The quantitative estimate of drug-likeness (QED) is 0.831. The molecule has 4 heteroatoms. The van der Waals surface area contributed by atoms with Crippen molar-refractivity contribution in [3.8, 4) is 0 Å². The van der Waals surface area contributed by atoms with Crippen LogP contribution < -0.4 is 5.32 Å². The minimum atomic E-state index is -0.276. The SMILES string of the molecule is CC(C)(CCc1ccccc1)NC(=O)c1cccnc1Br. The molecule has 0 fully saturated rings. The molecule has 0 aliphatic rings. The minimum absolute atomic E-state index is 0.104. The van der Waals surface area contributed by atoms with Crippen LogP contribution in [0.15, 0.2) is 53.3 Å². The van der Waals surface area contributed by atoms with Crippen molar-refractivity contribution in [1.29, 1.82) is 0 Å². The third-order valence-corrected chi connectivity index (χ3v) is 3.97. The third kappa shape index (κ3) is 4.67. The average Bonchev–Trinajstić information content (AvgIpc) is 2.46. The van der Waals surface area contributed by atoms with Crippen molar-refractivity contribution in [2.24, 2.45) is 0 Å². The smallest absolute Gasteiger partial charge is 0.254 e. The molecule has 21 heavy (non-hydrogen) atoms. The first kappa shape index (κ1) is 15.7. The molecule has 3 nitrogen and oxygen atoms in total. The molecule has 2 aromatic rings. The van der Waals surface area contributed by atoms with Gasteiger partial charge in [-0.15, -0.1) is 0 Å². The van der Waals surface area contributed by atoms with Crippen LogP contribution in [0, 0.1) is 0 Å². The van der Waals surface area contributed by atoms with E-state index < -0.39 is 0 Å². The van der Waals surface area contributed by atoms with E-state index in [1.165, 1.54) is 5.56 Å². The van der Waals surface area contributed by atoms with Gasteiger partial charge < -0.3 is 5.32 Å². The maximum absolute atomic E-state index is 12.3. The predicted molar refractivity (Wildman–Crippen MR) is 88.2 cm³/mol. The molecule has 0 saturated carbocycles. The van der Waals surface area contributed by atoms with Crippen LogP contribution >= 0.6 is 15.9 Å². The van der Waals surface area contributed by atoms with Crippen LogP contribution in [0.25, 0.3) is 0 Å². The topological polar surface area (TPSA) is 42.0 Å². The highest BCUT2D eigenvalue weighted by atomic mass is 79.9. The maximum atomic E-state index is 12.3. The molecule has 1 aromatic carbocycles. The molecule has 1 N–H and O–H groups in total. The van der Waals surface area contributed by atoms with Gasteiger partial charge in [0.15, 0.2) is 0 Å². The van der Waals surface area contributed by atoms with Gasteiger partial charge in [0.2, 0.25) is 0 Å². The first-order valence-corrected chi connectivity index (χ1v) is 7.74. The number of pyridine rings is 1. The first-order chi connectivity index (χ1) is 9.98. The minimum Gasteiger partial charge on any atom is -0.347 e. The Hall–Kier alpha value is -1.68. The highest BCUT2D eigenvalue weighted by molar-refractivity contribution is 9.10. The Kier molecular flexibility index (Phi) is 5.12. The predicted octanol–water partition coefficient (Wildman–Crippen LogP) is 3.99. The van der Waals surface area contributed by atoms with Crippen LogP contribution in [0.2, 0.25) is 0 Å². The lowest BCUT2D eigenvalue weighted by molar-refractivity contribution is 0.0908. The molecule has 0 bridgehead atoms. The van der Waals surface area contributed by atoms with Crippen molar-refractivity contribution in [3.05, 3.63) is 64.4 Å². The summed E-state index contributed by atoms with van der Waals surface area (Å²) >= 11 is 3.31. The number of amides is 1. The molecule has 0 atom stereocenters. The van der Waals surface area contributed by atoms with Gasteiger partial charge in [0.1, 0.15) is 4.60 Å². The van der Waals surface area contributed by atoms with Crippen molar-refractivity contribution in [2.75, 3.05) is 0 Å². The van der Waals surface area contributed by atoms with Crippen molar-refractivity contribution in [2.45, 2.75) is 32.2 Å². The fraction of sp³-hybridized carbons (Fsp3) is 0.294. The van der Waals surface area contributed by atoms with Crippen molar-refractivity contribution < 1.29 is 4.79 Å². The van der Waals surface area contributed by atoms with E-state index in [2.05, 4.69) is 38.4 Å². The number of hydrogen-bond donors (Lipinski definition) is 1. The normalized spacial score (nSPS) is 11.2. The zero-order chi connectivity index (χ0) is 15.3. The molecule has 110 valence electrons. The maximum Gasteiger partial charge on any atom is 0.254 e. The van der Waals surface area contributed by atoms with Gasteiger partial charge in [0, 0.05) is 11.7 Å². The molecule has 0 spiro atoms. The highest BCUT2D eigenvalue weighted by Crippen LogP contribution is 2.17. The molecule has 1 amide bonds. The van der Waals surface area contributed by atoms with Crippen LogP contribution in [-0.4, -0.2) is 16.4 Å². The Labute approximate surface area is 133 Å². The van der Waals surface area contributed by atoms with E-state index in [9.17, 15) is 4.79 Å². The van der Waals surface area contributed by atoms with E-state index in [1.54, 1.807) is 18.3 Å². The van der Waals surface area contributed by atoms with Crippen molar-refractivity contribution in [1.82, 2.24) is 10.3 Å². The summed E-state index contributed by atoms with van der Waals surface area (Å²) in [6.07, 6.45) is 3.46. The molecule has 0 aliphatic carbocycles. The molecule has 2 rings (SSSR count). The highest BCUT2D eigenvalue weighted by Gasteiger charge is 2.22. The molecule has 1 aromatic heterocycles. The van der Waals surface area contributed by atoms with Crippen molar-refractivity contribution >= 4 is 21.8 Å². The fourth-order valence-corrected chi connectivity index (χ4v) is 2.52. The van der Waals surface area contributed by atoms with Gasteiger partial charge in [-0.1, -0.05) is 30.3 Å². The second kappa shape index (κ2) is 6.85. The summed E-state index contributed by atoms with van der Waals surface area (Å²) in [6.45, 7) is 4.08. The Bertz CT molecular complexity index is 611. The molecule has 0 unspecified atom stereocenters. The van der Waals surface area contributed by atoms with E-state index >= 15 is 0 Å². The van der Waals surface area contributed by atoms with Gasteiger partial charge in [-0.25, -0.2) is 4.98 Å². The summed E-state index contributed by atoms with van der Waals surface area (Å²) in [5.74, 6) is -0.104. The van der Waals surface area contributed by atoms with E-state index in [0.717, 1.165) is 12.8 Å². The van der Waals surface area contributed by atoms with Crippen LogP contribution in [-0.2, 0) is 6.42 Å². The van der Waals surface area contributed by atoms with Gasteiger partial charge in [-0.3, -0.25) is 4.79 Å². The number of rotatable bonds is 5. The van der Waals surface area contributed by atoms with Crippen molar-refractivity contribution in [3.63, 3.8) is 0 Å². The molecule has 1 heterocycles. The molecule has 0 aliphatic heterocycles. The Morgan fingerprint density at radius 2 is 1.90 bits per heavy atom. The summed E-state index contributed by atoms with van der Waals surface area (Å²) < 4.78 is 0.571. The van der Waals surface area contributed by atoms with Crippen LogP contribution in [0.5, 0.6) is 0 Å². The number of hydrogen-bond acceptors (Lipinski definition) is 2. The van der Waals surface area contributed by atoms with Gasteiger partial charge in [0.05, 0.1) is 5.56 Å². The van der Waals surface area contributed by atoms with Gasteiger partial charge in [-0.05, 0) is 60.3 Å². The number of aryl methyl sites for hydroxylation is 1. The third-order valence-electron chi connectivity index (χ3n) is 3.34. The van der Waals surface area contributed by atoms with Gasteiger partial charge in [-0.2, -0.15) is 0 Å². The van der Waals surface area contributed by atoms with Gasteiger partial charge >= 0.3 is 0 Å². The summed E-state index contributed by atoms with van der Waals surface area (Å²) in [4.78, 5) is 16.4. The van der Waals surface area contributed by atoms with Crippen LogP contribution in [0.3, 0.4) is 0 Å². The van der Waals surface area contributed by atoms with E-state index in [0.29, 0.717) is 10.2 Å².